The minimum Gasteiger partial charge on any atom is -0.456 e. The van der Waals surface area contributed by atoms with Crippen LogP contribution in [0.25, 0.3) is 0 Å². The lowest BCUT2D eigenvalue weighted by atomic mass is 10.0. The minimum atomic E-state index is -0.300. The van der Waals surface area contributed by atoms with Crippen LogP contribution in [0.1, 0.15) is 18.9 Å². The van der Waals surface area contributed by atoms with E-state index in [0.717, 1.165) is 24.2 Å². The Morgan fingerprint density at radius 3 is 2.65 bits per heavy atom. The molecule has 2 aromatic carbocycles. The molecule has 106 valence electrons. The van der Waals surface area contributed by atoms with E-state index in [4.69, 9.17) is 10.5 Å². The van der Waals surface area contributed by atoms with Gasteiger partial charge in [-0.05, 0) is 58.6 Å². The Morgan fingerprint density at radius 2 is 1.95 bits per heavy atom. The number of ether oxygens (including phenoxy) is 1. The molecule has 0 aliphatic rings. The second-order valence-corrected chi connectivity index (χ2v) is 5.51. The van der Waals surface area contributed by atoms with E-state index in [1.165, 1.54) is 12.1 Å². The highest BCUT2D eigenvalue weighted by molar-refractivity contribution is 9.10. The van der Waals surface area contributed by atoms with Crippen LogP contribution in [0.5, 0.6) is 11.5 Å². The largest absolute Gasteiger partial charge is 0.456 e. The van der Waals surface area contributed by atoms with E-state index < -0.39 is 0 Å². The Kier molecular flexibility index (Phi) is 5.15. The first-order chi connectivity index (χ1) is 9.60. The molecule has 1 unspecified atom stereocenters. The van der Waals surface area contributed by atoms with Crippen LogP contribution in [0.4, 0.5) is 4.39 Å². The predicted octanol–water partition coefficient (Wildman–Crippen LogP) is 4.66. The molecule has 0 fully saturated rings. The molecule has 2 N–H and O–H groups in total. The first-order valence-corrected chi connectivity index (χ1v) is 7.36. The van der Waals surface area contributed by atoms with Gasteiger partial charge in [0.2, 0.25) is 0 Å². The quantitative estimate of drug-likeness (QED) is 0.861. The standard InChI is InChI=1S/C16H17BrFNO/c1-2-13(19)9-11-5-3-4-6-15(11)20-16-8-7-12(18)10-14(16)17/h3-8,10,13H,2,9,19H2,1H3. The van der Waals surface area contributed by atoms with E-state index in [1.54, 1.807) is 6.07 Å². The summed E-state index contributed by atoms with van der Waals surface area (Å²) >= 11 is 3.30. The summed E-state index contributed by atoms with van der Waals surface area (Å²) in [6.07, 6.45) is 1.67. The zero-order valence-corrected chi connectivity index (χ0v) is 12.9. The van der Waals surface area contributed by atoms with E-state index in [0.29, 0.717) is 10.2 Å². The lowest BCUT2D eigenvalue weighted by Gasteiger charge is -2.14. The van der Waals surface area contributed by atoms with Gasteiger partial charge in [0.25, 0.3) is 0 Å². The predicted molar refractivity (Wildman–Crippen MR) is 82.6 cm³/mol. The first kappa shape index (κ1) is 15.0. The minimum absolute atomic E-state index is 0.108. The maximum Gasteiger partial charge on any atom is 0.141 e. The van der Waals surface area contributed by atoms with Gasteiger partial charge in [-0.2, -0.15) is 0 Å². The molecule has 0 saturated heterocycles. The fraction of sp³-hybridized carbons (Fsp3) is 0.250. The van der Waals surface area contributed by atoms with Crippen molar-refractivity contribution in [3.8, 4) is 11.5 Å². The number of rotatable bonds is 5. The van der Waals surface area contributed by atoms with Crippen molar-refractivity contribution in [1.29, 1.82) is 0 Å². The molecule has 2 nitrogen and oxygen atoms in total. The highest BCUT2D eigenvalue weighted by atomic mass is 79.9. The molecule has 0 radical (unpaired) electrons. The van der Waals surface area contributed by atoms with Crippen LogP contribution in [-0.2, 0) is 6.42 Å². The third-order valence-corrected chi connectivity index (χ3v) is 3.71. The highest BCUT2D eigenvalue weighted by Crippen LogP contribution is 2.32. The second-order valence-electron chi connectivity index (χ2n) is 4.66. The van der Waals surface area contributed by atoms with Gasteiger partial charge >= 0.3 is 0 Å². The summed E-state index contributed by atoms with van der Waals surface area (Å²) in [5, 5.41) is 0. The van der Waals surface area contributed by atoms with Crippen molar-refractivity contribution in [2.45, 2.75) is 25.8 Å². The van der Waals surface area contributed by atoms with Crippen molar-refractivity contribution < 1.29 is 9.13 Å². The molecule has 0 aliphatic carbocycles. The van der Waals surface area contributed by atoms with Crippen LogP contribution in [0, 0.1) is 5.82 Å². The topological polar surface area (TPSA) is 35.2 Å². The van der Waals surface area contributed by atoms with Gasteiger partial charge in [0.15, 0.2) is 0 Å². The van der Waals surface area contributed by atoms with E-state index in [9.17, 15) is 4.39 Å². The van der Waals surface area contributed by atoms with Gasteiger partial charge in [-0.1, -0.05) is 25.1 Å². The molecule has 2 aromatic rings. The number of halogens is 2. The van der Waals surface area contributed by atoms with E-state index in [-0.39, 0.29) is 11.9 Å². The van der Waals surface area contributed by atoms with Crippen LogP contribution in [-0.4, -0.2) is 6.04 Å². The Hall–Kier alpha value is -1.39. The summed E-state index contributed by atoms with van der Waals surface area (Å²) in [4.78, 5) is 0. The maximum atomic E-state index is 13.1. The third kappa shape index (κ3) is 3.81. The average molecular weight is 338 g/mol. The lowest BCUT2D eigenvalue weighted by Crippen LogP contribution is -2.21. The molecule has 1 atom stereocenters. The Labute approximate surface area is 126 Å². The van der Waals surface area contributed by atoms with Gasteiger partial charge in [0.1, 0.15) is 17.3 Å². The summed E-state index contributed by atoms with van der Waals surface area (Å²) < 4.78 is 19.5. The second kappa shape index (κ2) is 6.86. The van der Waals surface area contributed by atoms with Crippen LogP contribution < -0.4 is 10.5 Å². The molecule has 0 heterocycles. The number of para-hydroxylation sites is 1. The third-order valence-electron chi connectivity index (χ3n) is 3.09. The zero-order chi connectivity index (χ0) is 14.5. The van der Waals surface area contributed by atoms with Crippen molar-refractivity contribution in [1.82, 2.24) is 0 Å². The number of nitrogens with two attached hydrogens (primary N) is 1. The molecule has 0 bridgehead atoms. The summed E-state index contributed by atoms with van der Waals surface area (Å²) in [6.45, 7) is 2.06. The number of hydrogen-bond acceptors (Lipinski definition) is 2. The van der Waals surface area contributed by atoms with E-state index in [2.05, 4.69) is 22.9 Å². The van der Waals surface area contributed by atoms with Gasteiger partial charge < -0.3 is 10.5 Å². The fourth-order valence-corrected chi connectivity index (χ4v) is 2.31. The SMILES string of the molecule is CCC(N)Cc1ccccc1Oc1ccc(F)cc1Br. The molecule has 4 heteroatoms. The lowest BCUT2D eigenvalue weighted by molar-refractivity contribution is 0.467. The van der Waals surface area contributed by atoms with Crippen molar-refractivity contribution in [2.75, 3.05) is 0 Å². The number of benzene rings is 2. The van der Waals surface area contributed by atoms with Gasteiger partial charge in [-0.15, -0.1) is 0 Å². The zero-order valence-electron chi connectivity index (χ0n) is 11.3. The van der Waals surface area contributed by atoms with E-state index >= 15 is 0 Å². The van der Waals surface area contributed by atoms with Crippen LogP contribution in [0.2, 0.25) is 0 Å². The van der Waals surface area contributed by atoms with Crippen molar-refractivity contribution >= 4 is 15.9 Å². The van der Waals surface area contributed by atoms with Gasteiger partial charge in [-0.3, -0.25) is 0 Å². The Morgan fingerprint density at radius 1 is 1.20 bits per heavy atom. The molecule has 0 spiro atoms. The molecule has 0 amide bonds. The normalized spacial score (nSPS) is 12.2. The molecule has 2 rings (SSSR count). The molecule has 0 aliphatic heterocycles. The van der Waals surface area contributed by atoms with Gasteiger partial charge in [-0.25, -0.2) is 4.39 Å². The molecule has 20 heavy (non-hydrogen) atoms. The summed E-state index contributed by atoms with van der Waals surface area (Å²) in [6, 6.07) is 12.2. The van der Waals surface area contributed by atoms with Crippen LogP contribution >= 0.6 is 15.9 Å². The molecular weight excluding hydrogens is 321 g/mol. The smallest absolute Gasteiger partial charge is 0.141 e. The summed E-state index contributed by atoms with van der Waals surface area (Å²) in [5.41, 5.74) is 7.06. The summed E-state index contributed by atoms with van der Waals surface area (Å²) in [7, 11) is 0. The van der Waals surface area contributed by atoms with Crippen molar-refractivity contribution in [3.63, 3.8) is 0 Å². The molecule has 0 aromatic heterocycles. The van der Waals surface area contributed by atoms with Crippen LogP contribution in [0.3, 0.4) is 0 Å². The van der Waals surface area contributed by atoms with Gasteiger partial charge in [0, 0.05) is 6.04 Å². The number of hydrogen-bond donors (Lipinski definition) is 1. The highest BCUT2D eigenvalue weighted by Gasteiger charge is 2.10. The Bertz CT molecular complexity index is 588. The molecule has 0 saturated carbocycles. The van der Waals surface area contributed by atoms with Crippen LogP contribution in [0.15, 0.2) is 46.9 Å². The maximum absolute atomic E-state index is 13.1. The average Bonchev–Trinajstić information content (AvgIpc) is 2.43. The van der Waals surface area contributed by atoms with Crippen molar-refractivity contribution in [2.24, 2.45) is 5.73 Å². The van der Waals surface area contributed by atoms with Gasteiger partial charge in [0.05, 0.1) is 4.47 Å². The fourth-order valence-electron chi connectivity index (χ4n) is 1.88. The monoisotopic (exact) mass is 337 g/mol. The van der Waals surface area contributed by atoms with E-state index in [1.807, 2.05) is 24.3 Å². The summed E-state index contributed by atoms with van der Waals surface area (Å²) in [5.74, 6) is 1.04. The van der Waals surface area contributed by atoms with Crippen molar-refractivity contribution in [3.05, 3.63) is 58.3 Å². The first-order valence-electron chi connectivity index (χ1n) is 6.56. The molecular formula is C16H17BrFNO. The Balaban J connectivity index is 2.24.